The average Bonchev–Trinajstić information content (AvgIpc) is 3.16. The minimum absolute atomic E-state index is 0.114. The molecule has 0 spiro atoms. The molecule has 2 aliphatic rings. The molecular formula is C20H24N6O. The van der Waals surface area contributed by atoms with Crippen LogP contribution in [0.5, 0.6) is 0 Å². The topological polar surface area (TPSA) is 68.8 Å². The summed E-state index contributed by atoms with van der Waals surface area (Å²) in [6.45, 7) is 3.45. The van der Waals surface area contributed by atoms with Gasteiger partial charge in [-0.2, -0.15) is 15.0 Å². The third-order valence-electron chi connectivity index (χ3n) is 5.74. The van der Waals surface area contributed by atoms with Crippen molar-refractivity contribution in [2.75, 3.05) is 13.1 Å². The van der Waals surface area contributed by atoms with E-state index >= 15 is 0 Å². The number of aromatic nitrogens is 5. The highest BCUT2D eigenvalue weighted by Crippen LogP contribution is 2.34. The minimum Gasteiger partial charge on any atom is -0.295 e. The lowest BCUT2D eigenvalue weighted by Gasteiger charge is -2.26. The number of hydrogen-bond donors (Lipinski definition) is 0. The van der Waals surface area contributed by atoms with Crippen LogP contribution in [0.3, 0.4) is 0 Å². The summed E-state index contributed by atoms with van der Waals surface area (Å²) in [4.78, 5) is 22.3. The second-order valence-corrected chi connectivity index (χ2v) is 7.67. The normalized spacial score (nSPS) is 20.5. The Morgan fingerprint density at radius 3 is 2.67 bits per heavy atom. The van der Waals surface area contributed by atoms with Gasteiger partial charge in [-0.25, -0.2) is 4.98 Å². The number of rotatable bonds is 6. The predicted octanol–water partition coefficient (Wildman–Crippen LogP) is 2.24. The second-order valence-electron chi connectivity index (χ2n) is 7.67. The van der Waals surface area contributed by atoms with Gasteiger partial charge in [0.2, 0.25) is 0 Å². The van der Waals surface area contributed by atoms with E-state index in [1.54, 1.807) is 17.2 Å². The summed E-state index contributed by atoms with van der Waals surface area (Å²) in [7, 11) is 0. The quantitative estimate of drug-likeness (QED) is 0.671. The summed E-state index contributed by atoms with van der Waals surface area (Å²) in [6.07, 6.45) is 8.03. The fourth-order valence-electron chi connectivity index (χ4n) is 4.14. The van der Waals surface area contributed by atoms with Crippen molar-refractivity contribution in [1.82, 2.24) is 29.4 Å². The second kappa shape index (κ2) is 6.88. The van der Waals surface area contributed by atoms with E-state index in [0.29, 0.717) is 5.92 Å². The Hall–Kier alpha value is -2.54. The third-order valence-corrected chi connectivity index (χ3v) is 5.74. The van der Waals surface area contributed by atoms with E-state index in [0.717, 1.165) is 55.7 Å². The van der Waals surface area contributed by atoms with Crippen molar-refractivity contribution >= 4 is 10.9 Å². The van der Waals surface area contributed by atoms with E-state index in [2.05, 4.69) is 15.1 Å². The van der Waals surface area contributed by atoms with E-state index in [-0.39, 0.29) is 11.6 Å². The number of para-hydroxylation sites is 1. The summed E-state index contributed by atoms with van der Waals surface area (Å²) in [5.41, 5.74) is 0.924. The molecule has 3 aromatic rings. The van der Waals surface area contributed by atoms with Crippen LogP contribution in [0.25, 0.3) is 10.9 Å². The van der Waals surface area contributed by atoms with Gasteiger partial charge in [-0.1, -0.05) is 12.1 Å². The molecule has 7 nitrogen and oxygen atoms in total. The van der Waals surface area contributed by atoms with Crippen LogP contribution in [-0.4, -0.2) is 42.5 Å². The van der Waals surface area contributed by atoms with Gasteiger partial charge in [0, 0.05) is 13.1 Å². The molecule has 0 N–H and O–H groups in total. The van der Waals surface area contributed by atoms with Crippen molar-refractivity contribution < 1.29 is 0 Å². The zero-order valence-corrected chi connectivity index (χ0v) is 15.4. The lowest BCUT2D eigenvalue weighted by Crippen LogP contribution is -2.34. The van der Waals surface area contributed by atoms with Crippen LogP contribution in [0.2, 0.25) is 0 Å². The molecule has 2 aromatic heterocycles. The fourth-order valence-corrected chi connectivity index (χ4v) is 4.14. The van der Waals surface area contributed by atoms with Gasteiger partial charge in [-0.15, -0.1) is 0 Å². The molecule has 1 aliphatic carbocycles. The lowest BCUT2D eigenvalue weighted by molar-refractivity contribution is 0.224. The Kier molecular flexibility index (Phi) is 4.24. The maximum Gasteiger partial charge on any atom is 0.261 e. The Labute approximate surface area is 157 Å². The van der Waals surface area contributed by atoms with Crippen molar-refractivity contribution in [2.45, 2.75) is 44.8 Å². The summed E-state index contributed by atoms with van der Waals surface area (Å²) in [6, 6.07) is 7.92. The van der Waals surface area contributed by atoms with Gasteiger partial charge in [-0.3, -0.25) is 14.3 Å². The molecule has 1 unspecified atom stereocenters. The molecular weight excluding hydrogens is 340 g/mol. The predicted molar refractivity (Wildman–Crippen MR) is 102 cm³/mol. The number of likely N-dealkylation sites (tertiary alicyclic amines) is 1. The SMILES string of the molecule is O=c1c2ccccc2nc(C2CCCN2CCn2nccn2)n1CC1CC1. The number of benzene rings is 1. The summed E-state index contributed by atoms with van der Waals surface area (Å²) >= 11 is 0. The van der Waals surface area contributed by atoms with Crippen LogP contribution in [0.15, 0.2) is 41.5 Å². The van der Waals surface area contributed by atoms with E-state index in [1.165, 1.54) is 12.8 Å². The summed E-state index contributed by atoms with van der Waals surface area (Å²) < 4.78 is 1.97. The zero-order valence-electron chi connectivity index (χ0n) is 15.4. The summed E-state index contributed by atoms with van der Waals surface area (Å²) in [5.74, 6) is 1.57. The molecule has 140 valence electrons. The molecule has 1 atom stereocenters. The van der Waals surface area contributed by atoms with Gasteiger partial charge < -0.3 is 0 Å². The Morgan fingerprint density at radius 2 is 1.85 bits per heavy atom. The highest BCUT2D eigenvalue weighted by Gasteiger charge is 2.32. The van der Waals surface area contributed by atoms with Crippen molar-refractivity contribution in [2.24, 2.45) is 5.92 Å². The maximum absolute atomic E-state index is 13.2. The van der Waals surface area contributed by atoms with Crippen LogP contribution in [0, 0.1) is 5.92 Å². The Morgan fingerprint density at radius 1 is 1.04 bits per heavy atom. The third kappa shape index (κ3) is 3.27. The van der Waals surface area contributed by atoms with E-state index in [1.807, 2.05) is 28.8 Å². The van der Waals surface area contributed by atoms with Crippen molar-refractivity contribution in [3.05, 3.63) is 52.8 Å². The zero-order chi connectivity index (χ0) is 18.2. The molecule has 27 heavy (non-hydrogen) atoms. The average molecular weight is 364 g/mol. The molecule has 0 bridgehead atoms. The van der Waals surface area contributed by atoms with E-state index in [9.17, 15) is 4.79 Å². The van der Waals surface area contributed by atoms with Crippen molar-refractivity contribution in [3.63, 3.8) is 0 Å². The van der Waals surface area contributed by atoms with Crippen LogP contribution in [-0.2, 0) is 13.1 Å². The van der Waals surface area contributed by atoms with Gasteiger partial charge in [0.25, 0.3) is 5.56 Å². The van der Waals surface area contributed by atoms with Gasteiger partial charge in [0.1, 0.15) is 5.82 Å². The van der Waals surface area contributed by atoms with Crippen molar-refractivity contribution in [1.29, 1.82) is 0 Å². The Bertz CT molecular complexity index is 991. The first-order valence-electron chi connectivity index (χ1n) is 9.87. The molecule has 1 aliphatic heterocycles. The highest BCUT2D eigenvalue weighted by molar-refractivity contribution is 5.77. The number of fused-ring (bicyclic) bond motifs is 1. The lowest BCUT2D eigenvalue weighted by atomic mass is 10.1. The minimum atomic E-state index is 0.114. The van der Waals surface area contributed by atoms with Gasteiger partial charge in [-0.05, 0) is 50.3 Å². The largest absolute Gasteiger partial charge is 0.295 e. The van der Waals surface area contributed by atoms with Gasteiger partial charge in [0.05, 0.1) is 35.9 Å². The van der Waals surface area contributed by atoms with Gasteiger partial charge >= 0.3 is 0 Å². The molecule has 0 radical (unpaired) electrons. The van der Waals surface area contributed by atoms with Crippen LogP contribution in [0.1, 0.15) is 37.5 Å². The number of nitrogens with zero attached hydrogens (tertiary/aromatic N) is 6. The highest BCUT2D eigenvalue weighted by atomic mass is 16.1. The molecule has 2 fully saturated rings. The summed E-state index contributed by atoms with van der Waals surface area (Å²) in [5, 5.41) is 9.14. The van der Waals surface area contributed by atoms with Gasteiger partial charge in [0.15, 0.2) is 0 Å². The van der Waals surface area contributed by atoms with Crippen LogP contribution in [0.4, 0.5) is 0 Å². The van der Waals surface area contributed by atoms with Crippen molar-refractivity contribution in [3.8, 4) is 0 Å². The first kappa shape index (κ1) is 16.6. The van der Waals surface area contributed by atoms with Crippen LogP contribution >= 0.6 is 0 Å². The van der Waals surface area contributed by atoms with E-state index < -0.39 is 0 Å². The standard InChI is InChI=1S/C20H24N6O/c27-20-16-4-1-2-5-17(16)23-19(25(20)14-15-7-8-15)18-6-3-11-24(18)12-13-26-21-9-10-22-26/h1-2,4-5,9-10,15,18H,3,6-8,11-14H2. The monoisotopic (exact) mass is 364 g/mol. The van der Waals surface area contributed by atoms with E-state index in [4.69, 9.17) is 4.98 Å². The fraction of sp³-hybridized carbons (Fsp3) is 0.500. The number of hydrogen-bond acceptors (Lipinski definition) is 5. The molecule has 7 heteroatoms. The molecule has 0 amide bonds. The first-order valence-corrected chi connectivity index (χ1v) is 9.87. The molecule has 5 rings (SSSR count). The molecule has 1 saturated heterocycles. The smallest absolute Gasteiger partial charge is 0.261 e. The maximum atomic E-state index is 13.2. The first-order chi connectivity index (χ1) is 13.3. The molecule has 1 saturated carbocycles. The van der Waals surface area contributed by atoms with Crippen LogP contribution < -0.4 is 5.56 Å². The molecule has 1 aromatic carbocycles. The Balaban J connectivity index is 1.50. The molecule has 3 heterocycles.